The summed E-state index contributed by atoms with van der Waals surface area (Å²) in [6.07, 6.45) is 1.70. The Balaban J connectivity index is 2.01. The van der Waals surface area contributed by atoms with Crippen LogP contribution in [0.15, 0.2) is 0 Å². The standard InChI is InChI=1S/C12H20BrNO3/c1-12(2)8-14(7-9(6-13)17-12)11(15)10-4-3-5-16-10/h9-10H,3-8H2,1-2H3. The summed E-state index contributed by atoms with van der Waals surface area (Å²) < 4.78 is 11.3. The summed E-state index contributed by atoms with van der Waals surface area (Å²) in [5.41, 5.74) is -0.273. The van der Waals surface area contributed by atoms with E-state index in [-0.39, 0.29) is 23.7 Å². The zero-order valence-corrected chi connectivity index (χ0v) is 12.0. The van der Waals surface area contributed by atoms with E-state index in [0.29, 0.717) is 19.7 Å². The molecule has 2 aliphatic heterocycles. The largest absolute Gasteiger partial charge is 0.368 e. The van der Waals surface area contributed by atoms with Gasteiger partial charge in [-0.05, 0) is 26.7 Å². The summed E-state index contributed by atoms with van der Waals surface area (Å²) in [5, 5.41) is 0.756. The van der Waals surface area contributed by atoms with E-state index in [0.717, 1.165) is 18.2 Å². The second-order valence-electron chi connectivity index (χ2n) is 5.37. The summed E-state index contributed by atoms with van der Waals surface area (Å²) >= 11 is 3.43. The third-order valence-electron chi connectivity index (χ3n) is 3.17. The van der Waals surface area contributed by atoms with Crippen molar-refractivity contribution < 1.29 is 14.3 Å². The molecule has 2 unspecified atom stereocenters. The number of hydrogen-bond donors (Lipinski definition) is 0. The van der Waals surface area contributed by atoms with Crippen LogP contribution in [0, 0.1) is 0 Å². The molecule has 0 aromatic rings. The summed E-state index contributed by atoms with van der Waals surface area (Å²) in [6.45, 7) is 6.07. The zero-order chi connectivity index (χ0) is 12.5. The smallest absolute Gasteiger partial charge is 0.251 e. The fraction of sp³-hybridized carbons (Fsp3) is 0.917. The van der Waals surface area contributed by atoms with Crippen LogP contribution in [0.2, 0.25) is 0 Å². The van der Waals surface area contributed by atoms with E-state index in [2.05, 4.69) is 15.9 Å². The number of nitrogens with zero attached hydrogens (tertiary/aromatic N) is 1. The topological polar surface area (TPSA) is 38.8 Å². The number of amides is 1. The minimum absolute atomic E-state index is 0.0732. The van der Waals surface area contributed by atoms with Crippen LogP contribution in [0.3, 0.4) is 0 Å². The highest BCUT2D eigenvalue weighted by atomic mass is 79.9. The van der Waals surface area contributed by atoms with Gasteiger partial charge >= 0.3 is 0 Å². The first-order valence-corrected chi connectivity index (χ1v) is 7.28. The predicted octanol–water partition coefficient (Wildman–Crippen LogP) is 1.57. The van der Waals surface area contributed by atoms with Gasteiger partial charge in [0.05, 0.1) is 11.7 Å². The van der Waals surface area contributed by atoms with Crippen LogP contribution in [0.1, 0.15) is 26.7 Å². The Kier molecular flexibility index (Phi) is 4.10. The zero-order valence-electron chi connectivity index (χ0n) is 10.4. The Hall–Kier alpha value is -0.130. The van der Waals surface area contributed by atoms with Crippen LogP contribution in [0.4, 0.5) is 0 Å². The first-order chi connectivity index (χ1) is 8.02. The van der Waals surface area contributed by atoms with Gasteiger partial charge in [-0.25, -0.2) is 0 Å². The van der Waals surface area contributed by atoms with Crippen molar-refractivity contribution in [2.75, 3.05) is 25.0 Å². The second-order valence-corrected chi connectivity index (χ2v) is 6.02. The van der Waals surface area contributed by atoms with Gasteiger partial charge in [0.1, 0.15) is 6.10 Å². The molecule has 0 aliphatic carbocycles. The normalized spacial score (nSPS) is 32.8. The van der Waals surface area contributed by atoms with Gasteiger partial charge in [-0.15, -0.1) is 0 Å². The van der Waals surface area contributed by atoms with E-state index in [4.69, 9.17) is 9.47 Å². The number of carbonyl (C=O) groups excluding carboxylic acids is 1. The van der Waals surface area contributed by atoms with Crippen LogP contribution in [0.25, 0.3) is 0 Å². The Morgan fingerprint density at radius 2 is 2.29 bits per heavy atom. The van der Waals surface area contributed by atoms with Crippen LogP contribution in [0.5, 0.6) is 0 Å². The molecule has 0 radical (unpaired) electrons. The highest BCUT2D eigenvalue weighted by Crippen LogP contribution is 2.24. The maximum absolute atomic E-state index is 12.3. The predicted molar refractivity (Wildman–Crippen MR) is 68.3 cm³/mol. The molecule has 2 rings (SSSR count). The van der Waals surface area contributed by atoms with Crippen molar-refractivity contribution in [1.29, 1.82) is 0 Å². The van der Waals surface area contributed by atoms with Gasteiger partial charge in [0.15, 0.2) is 0 Å². The van der Waals surface area contributed by atoms with E-state index in [1.807, 2.05) is 18.7 Å². The quantitative estimate of drug-likeness (QED) is 0.727. The summed E-state index contributed by atoms with van der Waals surface area (Å²) in [4.78, 5) is 14.2. The number of halogens is 1. The van der Waals surface area contributed by atoms with Crippen LogP contribution >= 0.6 is 15.9 Å². The van der Waals surface area contributed by atoms with E-state index in [1.54, 1.807) is 0 Å². The van der Waals surface area contributed by atoms with E-state index in [9.17, 15) is 4.79 Å². The third kappa shape index (κ3) is 3.20. The number of ether oxygens (including phenoxy) is 2. The number of hydrogen-bond acceptors (Lipinski definition) is 3. The maximum Gasteiger partial charge on any atom is 0.251 e. The lowest BCUT2D eigenvalue weighted by molar-refractivity contribution is -0.164. The molecule has 0 saturated carbocycles. The van der Waals surface area contributed by atoms with E-state index < -0.39 is 0 Å². The molecule has 2 aliphatic rings. The molecule has 1 amide bonds. The fourth-order valence-corrected chi connectivity index (χ4v) is 2.86. The van der Waals surface area contributed by atoms with Crippen LogP contribution < -0.4 is 0 Å². The van der Waals surface area contributed by atoms with Gasteiger partial charge in [0, 0.05) is 25.0 Å². The summed E-state index contributed by atoms with van der Waals surface area (Å²) in [5.74, 6) is 0.129. The molecule has 2 heterocycles. The monoisotopic (exact) mass is 305 g/mol. The van der Waals surface area contributed by atoms with Crippen LogP contribution in [-0.4, -0.2) is 53.6 Å². The molecule has 0 aromatic carbocycles. The first-order valence-electron chi connectivity index (χ1n) is 6.16. The molecule has 4 nitrogen and oxygen atoms in total. The molecule has 2 saturated heterocycles. The Morgan fingerprint density at radius 1 is 1.53 bits per heavy atom. The maximum atomic E-state index is 12.3. The van der Waals surface area contributed by atoms with Crippen molar-refractivity contribution in [3.63, 3.8) is 0 Å². The molecule has 2 fully saturated rings. The molecule has 0 bridgehead atoms. The number of alkyl halides is 1. The minimum Gasteiger partial charge on any atom is -0.368 e. The van der Waals surface area contributed by atoms with Crippen molar-refractivity contribution in [3.05, 3.63) is 0 Å². The van der Waals surface area contributed by atoms with Gasteiger partial charge in [-0.2, -0.15) is 0 Å². The molecule has 2 atom stereocenters. The number of carbonyl (C=O) groups is 1. The molecular formula is C12H20BrNO3. The summed E-state index contributed by atoms with van der Waals surface area (Å²) in [7, 11) is 0. The van der Waals surface area contributed by atoms with Gasteiger partial charge in [-0.1, -0.05) is 15.9 Å². The minimum atomic E-state index is -0.273. The van der Waals surface area contributed by atoms with Crippen molar-refractivity contribution in [1.82, 2.24) is 4.90 Å². The lowest BCUT2D eigenvalue weighted by Gasteiger charge is -2.43. The lowest BCUT2D eigenvalue weighted by atomic mass is 10.0. The van der Waals surface area contributed by atoms with Crippen molar-refractivity contribution >= 4 is 21.8 Å². The number of rotatable bonds is 2. The Labute approximate surface area is 111 Å². The van der Waals surface area contributed by atoms with Crippen molar-refractivity contribution in [3.8, 4) is 0 Å². The summed E-state index contributed by atoms with van der Waals surface area (Å²) in [6, 6.07) is 0. The van der Waals surface area contributed by atoms with Crippen molar-refractivity contribution in [2.45, 2.75) is 44.5 Å². The number of morpholine rings is 1. The molecule has 98 valence electrons. The molecule has 5 heteroatoms. The fourth-order valence-electron chi connectivity index (χ4n) is 2.52. The highest BCUT2D eigenvalue weighted by Gasteiger charge is 2.38. The lowest BCUT2D eigenvalue weighted by Crippen LogP contribution is -2.57. The van der Waals surface area contributed by atoms with E-state index in [1.165, 1.54) is 0 Å². The molecular weight excluding hydrogens is 286 g/mol. The van der Waals surface area contributed by atoms with Gasteiger partial charge in [0.2, 0.25) is 0 Å². The molecule has 0 N–H and O–H groups in total. The third-order valence-corrected chi connectivity index (χ3v) is 3.89. The average Bonchev–Trinajstić information content (AvgIpc) is 2.79. The molecule has 0 aromatic heterocycles. The second kappa shape index (κ2) is 5.24. The average molecular weight is 306 g/mol. The van der Waals surface area contributed by atoms with Crippen molar-refractivity contribution in [2.24, 2.45) is 0 Å². The Morgan fingerprint density at radius 3 is 2.88 bits per heavy atom. The van der Waals surface area contributed by atoms with Crippen LogP contribution in [-0.2, 0) is 14.3 Å². The SMILES string of the molecule is CC1(C)CN(C(=O)C2CCCO2)CC(CBr)O1. The first kappa shape index (κ1) is 13.3. The van der Waals surface area contributed by atoms with Gasteiger partial charge in [-0.3, -0.25) is 4.79 Å². The Bertz CT molecular complexity index is 289. The molecule has 0 spiro atoms. The highest BCUT2D eigenvalue weighted by molar-refractivity contribution is 9.09. The van der Waals surface area contributed by atoms with E-state index >= 15 is 0 Å². The molecule has 17 heavy (non-hydrogen) atoms. The van der Waals surface area contributed by atoms with Gasteiger partial charge in [0.25, 0.3) is 5.91 Å². The van der Waals surface area contributed by atoms with Gasteiger partial charge < -0.3 is 14.4 Å².